The molecule has 1 aromatic rings. The van der Waals surface area contributed by atoms with Gasteiger partial charge in [-0.3, -0.25) is 0 Å². The number of nitrogens with zero attached hydrogens (tertiary/aromatic N) is 4. The lowest BCUT2D eigenvalue weighted by Gasteiger charge is -2.25. The number of carbonyl (C=O) groups is 1. The van der Waals surface area contributed by atoms with E-state index in [9.17, 15) is 4.79 Å². The van der Waals surface area contributed by atoms with E-state index in [1.54, 1.807) is 17.6 Å². The van der Waals surface area contributed by atoms with E-state index < -0.39 is 5.60 Å². The minimum Gasteiger partial charge on any atom is -0.444 e. The van der Waals surface area contributed by atoms with Gasteiger partial charge in [0.05, 0.1) is 0 Å². The van der Waals surface area contributed by atoms with Crippen LogP contribution in [0, 0.1) is 11.8 Å². The number of fused-ring (bicyclic) bond motifs is 1. The normalized spacial score (nSPS) is 30.2. The van der Waals surface area contributed by atoms with Crippen molar-refractivity contribution in [2.24, 2.45) is 11.8 Å². The van der Waals surface area contributed by atoms with Gasteiger partial charge in [0.25, 0.3) is 0 Å². The van der Waals surface area contributed by atoms with E-state index in [2.05, 4.69) is 10.2 Å². The molecule has 1 aromatic heterocycles. The molecule has 0 bridgehead atoms. The molecule has 1 saturated heterocycles. The average Bonchev–Trinajstić information content (AvgIpc) is 2.76. The van der Waals surface area contributed by atoms with E-state index in [0.717, 1.165) is 13.1 Å². The zero-order valence-corrected chi connectivity index (χ0v) is 10.9. The highest BCUT2D eigenvalue weighted by atomic mass is 16.6. The Balaban J connectivity index is 1.56. The van der Waals surface area contributed by atoms with E-state index in [0.29, 0.717) is 17.9 Å². The Morgan fingerprint density at radius 1 is 1.22 bits per heavy atom. The molecule has 1 amide bonds. The number of amides is 1. The Morgan fingerprint density at radius 2 is 1.78 bits per heavy atom. The number of carbonyl (C=O) groups excluding carboxylic acids is 1. The molecule has 2 fully saturated rings. The van der Waals surface area contributed by atoms with E-state index in [-0.39, 0.29) is 6.09 Å². The molecule has 6 heteroatoms. The first kappa shape index (κ1) is 11.5. The quantitative estimate of drug-likeness (QED) is 0.754. The fourth-order valence-electron chi connectivity index (χ4n) is 2.78. The van der Waals surface area contributed by atoms with E-state index in [1.807, 2.05) is 25.3 Å². The SMILES string of the molecule is CC(C)(C)OC(=O)N1CC2C(C1)C2n1cnnc1. The Labute approximate surface area is 106 Å². The summed E-state index contributed by atoms with van der Waals surface area (Å²) in [7, 11) is 0. The molecule has 0 N–H and O–H groups in total. The van der Waals surface area contributed by atoms with Gasteiger partial charge in [-0.2, -0.15) is 0 Å². The van der Waals surface area contributed by atoms with Crippen LogP contribution >= 0.6 is 0 Å². The van der Waals surface area contributed by atoms with Gasteiger partial charge in [0.2, 0.25) is 0 Å². The summed E-state index contributed by atoms with van der Waals surface area (Å²) in [5.41, 5.74) is -0.419. The van der Waals surface area contributed by atoms with Crippen molar-refractivity contribution in [1.29, 1.82) is 0 Å². The molecule has 2 unspecified atom stereocenters. The van der Waals surface area contributed by atoms with Crippen molar-refractivity contribution in [1.82, 2.24) is 19.7 Å². The lowest BCUT2D eigenvalue weighted by atomic mass is 10.2. The molecular formula is C12H18N4O2. The number of ether oxygens (including phenoxy) is 1. The summed E-state index contributed by atoms with van der Waals surface area (Å²) in [6.45, 7) is 7.23. The molecule has 98 valence electrons. The van der Waals surface area contributed by atoms with Crippen LogP contribution in [-0.2, 0) is 4.74 Å². The second kappa shape index (κ2) is 3.70. The molecule has 1 aliphatic heterocycles. The molecule has 3 rings (SSSR count). The van der Waals surface area contributed by atoms with Gasteiger partial charge in [-0.05, 0) is 20.8 Å². The lowest BCUT2D eigenvalue weighted by molar-refractivity contribution is 0.0266. The van der Waals surface area contributed by atoms with Gasteiger partial charge in [0.1, 0.15) is 18.3 Å². The highest BCUT2D eigenvalue weighted by Crippen LogP contribution is 2.55. The maximum absolute atomic E-state index is 11.9. The van der Waals surface area contributed by atoms with Crippen LogP contribution < -0.4 is 0 Å². The van der Waals surface area contributed by atoms with Gasteiger partial charge in [0, 0.05) is 31.0 Å². The van der Waals surface area contributed by atoms with Crippen molar-refractivity contribution in [2.75, 3.05) is 13.1 Å². The van der Waals surface area contributed by atoms with Gasteiger partial charge < -0.3 is 14.2 Å². The summed E-state index contributed by atoms with van der Waals surface area (Å²) >= 11 is 0. The Bertz CT molecular complexity index is 439. The summed E-state index contributed by atoms with van der Waals surface area (Å²) in [6.07, 6.45) is 3.30. The number of likely N-dealkylation sites (tertiary alicyclic amines) is 1. The van der Waals surface area contributed by atoms with Gasteiger partial charge in [-0.25, -0.2) is 4.79 Å². The van der Waals surface area contributed by atoms with Gasteiger partial charge in [0.15, 0.2) is 0 Å². The lowest BCUT2D eigenvalue weighted by Crippen LogP contribution is -2.37. The molecule has 0 spiro atoms. The number of hydrogen-bond acceptors (Lipinski definition) is 4. The van der Waals surface area contributed by atoms with Crippen molar-refractivity contribution >= 4 is 6.09 Å². The largest absolute Gasteiger partial charge is 0.444 e. The van der Waals surface area contributed by atoms with Crippen molar-refractivity contribution in [3.63, 3.8) is 0 Å². The highest BCUT2D eigenvalue weighted by molar-refractivity contribution is 5.69. The highest BCUT2D eigenvalue weighted by Gasteiger charge is 2.58. The molecule has 1 aliphatic carbocycles. The molecule has 18 heavy (non-hydrogen) atoms. The van der Waals surface area contributed by atoms with Crippen LogP contribution in [-0.4, -0.2) is 44.4 Å². The number of hydrogen-bond donors (Lipinski definition) is 0. The molecule has 0 radical (unpaired) electrons. The average molecular weight is 250 g/mol. The topological polar surface area (TPSA) is 60.2 Å². The predicted molar refractivity (Wildman–Crippen MR) is 63.8 cm³/mol. The molecule has 6 nitrogen and oxygen atoms in total. The molecular weight excluding hydrogens is 232 g/mol. The third-order valence-electron chi connectivity index (χ3n) is 3.58. The maximum Gasteiger partial charge on any atom is 0.410 e. The second-order valence-corrected chi connectivity index (χ2v) is 6.11. The number of rotatable bonds is 1. The van der Waals surface area contributed by atoms with Crippen LogP contribution in [0.3, 0.4) is 0 Å². The molecule has 2 aliphatic rings. The van der Waals surface area contributed by atoms with Gasteiger partial charge >= 0.3 is 6.09 Å². The van der Waals surface area contributed by atoms with Crippen LogP contribution in [0.1, 0.15) is 26.8 Å². The van der Waals surface area contributed by atoms with Crippen LogP contribution in [0.5, 0.6) is 0 Å². The molecule has 1 saturated carbocycles. The third kappa shape index (κ3) is 1.95. The van der Waals surface area contributed by atoms with Crippen molar-refractivity contribution < 1.29 is 9.53 Å². The third-order valence-corrected chi connectivity index (χ3v) is 3.58. The summed E-state index contributed by atoms with van der Waals surface area (Å²) in [6, 6.07) is 0.471. The second-order valence-electron chi connectivity index (χ2n) is 6.11. The molecule has 2 atom stereocenters. The Morgan fingerprint density at radius 3 is 2.28 bits per heavy atom. The summed E-state index contributed by atoms with van der Waals surface area (Å²) in [5.74, 6) is 1.07. The van der Waals surface area contributed by atoms with Gasteiger partial charge in [-0.15, -0.1) is 10.2 Å². The summed E-state index contributed by atoms with van der Waals surface area (Å²) < 4.78 is 7.42. The zero-order valence-electron chi connectivity index (χ0n) is 10.9. The Kier molecular flexibility index (Phi) is 2.36. The zero-order chi connectivity index (χ0) is 12.9. The van der Waals surface area contributed by atoms with E-state index in [1.165, 1.54) is 0 Å². The number of piperidine rings is 1. The molecule has 0 aromatic carbocycles. The first-order chi connectivity index (χ1) is 8.46. The first-order valence-corrected chi connectivity index (χ1v) is 6.28. The Hall–Kier alpha value is -1.59. The van der Waals surface area contributed by atoms with Crippen molar-refractivity contribution in [2.45, 2.75) is 32.4 Å². The number of aromatic nitrogens is 3. The summed E-state index contributed by atoms with van der Waals surface area (Å²) in [5, 5.41) is 7.64. The van der Waals surface area contributed by atoms with E-state index >= 15 is 0 Å². The standard InChI is InChI=1S/C12H18N4O2/c1-12(2,3)18-11(17)15-4-8-9(5-15)10(8)16-6-13-14-7-16/h6-10H,4-5H2,1-3H3. The fraction of sp³-hybridized carbons (Fsp3) is 0.750. The minimum atomic E-state index is -0.419. The molecule has 2 heterocycles. The van der Waals surface area contributed by atoms with Gasteiger partial charge in [-0.1, -0.05) is 0 Å². The smallest absolute Gasteiger partial charge is 0.410 e. The van der Waals surface area contributed by atoms with Crippen LogP contribution in [0.15, 0.2) is 12.7 Å². The predicted octanol–water partition coefficient (Wildman–Crippen LogP) is 1.32. The minimum absolute atomic E-state index is 0.197. The van der Waals surface area contributed by atoms with Crippen LogP contribution in [0.4, 0.5) is 4.79 Å². The van der Waals surface area contributed by atoms with Crippen LogP contribution in [0.25, 0.3) is 0 Å². The maximum atomic E-state index is 11.9. The van der Waals surface area contributed by atoms with E-state index in [4.69, 9.17) is 4.74 Å². The van der Waals surface area contributed by atoms with Crippen molar-refractivity contribution in [3.05, 3.63) is 12.7 Å². The van der Waals surface area contributed by atoms with Crippen molar-refractivity contribution in [3.8, 4) is 0 Å². The van der Waals surface area contributed by atoms with Crippen LogP contribution in [0.2, 0.25) is 0 Å². The summed E-state index contributed by atoms with van der Waals surface area (Å²) in [4.78, 5) is 13.7. The fourth-order valence-corrected chi connectivity index (χ4v) is 2.78. The first-order valence-electron chi connectivity index (χ1n) is 6.28. The monoisotopic (exact) mass is 250 g/mol.